The first-order chi connectivity index (χ1) is 15.1. The number of hydrogen-bond donors (Lipinski definition) is 0. The number of methoxy groups -OCH3 is 3. The van der Waals surface area contributed by atoms with Crippen LogP contribution in [0.4, 0.5) is 0 Å². The van der Waals surface area contributed by atoms with E-state index in [0.29, 0.717) is 30.3 Å². The molecule has 0 unspecified atom stereocenters. The molecule has 0 aliphatic carbocycles. The van der Waals surface area contributed by atoms with E-state index in [9.17, 15) is 4.79 Å². The highest BCUT2D eigenvalue weighted by Gasteiger charge is 2.40. The summed E-state index contributed by atoms with van der Waals surface area (Å²) in [6.07, 6.45) is 7.13. The van der Waals surface area contributed by atoms with Crippen LogP contribution in [0.15, 0.2) is 42.5 Å². The molecule has 0 radical (unpaired) electrons. The van der Waals surface area contributed by atoms with E-state index in [1.165, 1.54) is 5.56 Å². The fraction of sp³-hybridized carbons (Fsp3) is 0.400. The van der Waals surface area contributed by atoms with Gasteiger partial charge in [0.15, 0.2) is 11.5 Å². The Morgan fingerprint density at radius 3 is 2.32 bits per heavy atom. The van der Waals surface area contributed by atoms with Crippen molar-refractivity contribution in [3.8, 4) is 23.0 Å². The standard InChI is InChI=1S/C25H29NO5/c1-28-21-16-18(17-22(29-2)24(21)30-3)8-9-23(27)26-14-12-25(13-15-26)11-10-19-6-4-5-7-20(19)31-25/h4-9,16-17H,10-15H2,1-3H3/b9-8+. The first kappa shape index (κ1) is 21.1. The van der Waals surface area contributed by atoms with Crippen molar-refractivity contribution in [3.63, 3.8) is 0 Å². The fourth-order valence-electron chi connectivity index (χ4n) is 4.41. The number of likely N-dealkylation sites (tertiary alicyclic amines) is 1. The van der Waals surface area contributed by atoms with Crippen LogP contribution in [0.25, 0.3) is 6.08 Å². The van der Waals surface area contributed by atoms with Crippen LogP contribution in [-0.2, 0) is 11.2 Å². The fourth-order valence-corrected chi connectivity index (χ4v) is 4.41. The van der Waals surface area contributed by atoms with E-state index in [4.69, 9.17) is 18.9 Å². The molecule has 0 bridgehead atoms. The summed E-state index contributed by atoms with van der Waals surface area (Å²) in [5.41, 5.74) is 1.94. The summed E-state index contributed by atoms with van der Waals surface area (Å²) in [6.45, 7) is 1.39. The van der Waals surface area contributed by atoms with Gasteiger partial charge in [0, 0.05) is 32.0 Å². The number of para-hydroxylation sites is 1. The Bertz CT molecular complexity index is 951. The maximum absolute atomic E-state index is 12.8. The van der Waals surface area contributed by atoms with Gasteiger partial charge in [-0.05, 0) is 48.2 Å². The minimum absolute atomic E-state index is 0.000175. The van der Waals surface area contributed by atoms with Crippen molar-refractivity contribution in [1.82, 2.24) is 4.90 Å². The summed E-state index contributed by atoms with van der Waals surface area (Å²) in [7, 11) is 4.72. The molecule has 31 heavy (non-hydrogen) atoms. The molecule has 1 saturated heterocycles. The number of amides is 1. The Labute approximate surface area is 183 Å². The average Bonchev–Trinajstić information content (AvgIpc) is 2.82. The Morgan fingerprint density at radius 2 is 1.68 bits per heavy atom. The molecule has 0 atom stereocenters. The van der Waals surface area contributed by atoms with Gasteiger partial charge in [-0.1, -0.05) is 18.2 Å². The van der Waals surface area contributed by atoms with Crippen LogP contribution in [0.3, 0.4) is 0 Å². The molecule has 1 amide bonds. The number of benzene rings is 2. The van der Waals surface area contributed by atoms with Crippen molar-refractivity contribution < 1.29 is 23.7 Å². The summed E-state index contributed by atoms with van der Waals surface area (Å²) >= 11 is 0. The summed E-state index contributed by atoms with van der Waals surface area (Å²) in [6, 6.07) is 11.9. The monoisotopic (exact) mass is 423 g/mol. The Morgan fingerprint density at radius 1 is 1.00 bits per heavy atom. The third-order valence-electron chi connectivity index (χ3n) is 6.24. The van der Waals surface area contributed by atoms with E-state index < -0.39 is 0 Å². The largest absolute Gasteiger partial charge is 0.493 e. The molecule has 2 heterocycles. The molecule has 0 saturated carbocycles. The molecule has 164 valence electrons. The molecule has 2 aromatic rings. The third kappa shape index (κ3) is 4.33. The predicted molar refractivity (Wildman–Crippen MR) is 119 cm³/mol. The summed E-state index contributed by atoms with van der Waals surface area (Å²) in [4.78, 5) is 14.7. The Kier molecular flexibility index (Phi) is 6.07. The van der Waals surface area contributed by atoms with E-state index in [0.717, 1.165) is 37.0 Å². The number of ether oxygens (including phenoxy) is 4. The number of rotatable bonds is 5. The second-order valence-electron chi connectivity index (χ2n) is 8.01. The second kappa shape index (κ2) is 8.92. The zero-order valence-electron chi connectivity index (χ0n) is 18.3. The minimum Gasteiger partial charge on any atom is -0.493 e. The van der Waals surface area contributed by atoms with Crippen molar-refractivity contribution in [2.75, 3.05) is 34.4 Å². The lowest BCUT2D eigenvalue weighted by Gasteiger charge is -2.44. The van der Waals surface area contributed by atoms with Gasteiger partial charge in [-0.2, -0.15) is 0 Å². The Balaban J connectivity index is 1.40. The van der Waals surface area contributed by atoms with Gasteiger partial charge >= 0.3 is 0 Å². The van der Waals surface area contributed by atoms with Crippen molar-refractivity contribution in [2.24, 2.45) is 0 Å². The van der Waals surface area contributed by atoms with Crippen LogP contribution in [0.2, 0.25) is 0 Å². The van der Waals surface area contributed by atoms with E-state index in [1.807, 2.05) is 29.2 Å². The minimum atomic E-state index is -0.147. The number of piperidine rings is 1. The van der Waals surface area contributed by atoms with Crippen molar-refractivity contribution in [3.05, 3.63) is 53.6 Å². The van der Waals surface area contributed by atoms with Crippen LogP contribution >= 0.6 is 0 Å². The summed E-state index contributed by atoms with van der Waals surface area (Å²) < 4.78 is 22.5. The Hall–Kier alpha value is -3.15. The number of carbonyl (C=O) groups is 1. The van der Waals surface area contributed by atoms with Crippen LogP contribution in [0, 0.1) is 0 Å². The maximum Gasteiger partial charge on any atom is 0.246 e. The van der Waals surface area contributed by atoms with E-state index in [1.54, 1.807) is 33.5 Å². The molecular weight excluding hydrogens is 394 g/mol. The molecule has 6 nitrogen and oxygen atoms in total. The molecule has 2 aliphatic heterocycles. The molecule has 0 aromatic heterocycles. The molecule has 2 aromatic carbocycles. The molecular formula is C25H29NO5. The zero-order valence-corrected chi connectivity index (χ0v) is 18.3. The predicted octanol–water partition coefficient (Wildman–Crippen LogP) is 4.11. The van der Waals surface area contributed by atoms with Crippen LogP contribution < -0.4 is 18.9 Å². The number of nitrogens with zero attached hydrogens (tertiary/aromatic N) is 1. The second-order valence-corrected chi connectivity index (χ2v) is 8.01. The molecule has 1 spiro atoms. The number of aryl methyl sites for hydroxylation is 1. The first-order valence-corrected chi connectivity index (χ1v) is 10.6. The van der Waals surface area contributed by atoms with Crippen molar-refractivity contribution >= 4 is 12.0 Å². The number of fused-ring (bicyclic) bond motifs is 1. The molecule has 2 aliphatic rings. The van der Waals surface area contributed by atoms with Gasteiger partial charge in [-0.3, -0.25) is 4.79 Å². The van der Waals surface area contributed by atoms with E-state index >= 15 is 0 Å². The van der Waals surface area contributed by atoms with Gasteiger partial charge in [0.2, 0.25) is 11.7 Å². The zero-order chi connectivity index (χ0) is 21.8. The highest BCUT2D eigenvalue weighted by molar-refractivity contribution is 5.92. The highest BCUT2D eigenvalue weighted by atomic mass is 16.5. The van der Waals surface area contributed by atoms with Gasteiger partial charge in [0.1, 0.15) is 11.4 Å². The SMILES string of the molecule is COc1cc(/C=C/C(=O)N2CCC3(CCc4ccccc4O3)CC2)cc(OC)c1OC. The normalized spacial score (nSPS) is 17.2. The topological polar surface area (TPSA) is 57.2 Å². The average molecular weight is 424 g/mol. The van der Waals surface area contributed by atoms with Gasteiger partial charge in [0.05, 0.1) is 21.3 Å². The molecule has 4 rings (SSSR count). The van der Waals surface area contributed by atoms with Crippen LogP contribution in [0.1, 0.15) is 30.4 Å². The van der Waals surface area contributed by atoms with Gasteiger partial charge in [-0.15, -0.1) is 0 Å². The number of carbonyl (C=O) groups excluding carboxylic acids is 1. The van der Waals surface area contributed by atoms with Crippen LogP contribution in [0.5, 0.6) is 23.0 Å². The van der Waals surface area contributed by atoms with Crippen LogP contribution in [-0.4, -0.2) is 50.8 Å². The van der Waals surface area contributed by atoms with E-state index in [-0.39, 0.29) is 11.5 Å². The molecule has 6 heteroatoms. The summed E-state index contributed by atoms with van der Waals surface area (Å²) in [5, 5.41) is 0. The smallest absolute Gasteiger partial charge is 0.246 e. The first-order valence-electron chi connectivity index (χ1n) is 10.6. The lowest BCUT2D eigenvalue weighted by Crippen LogP contribution is -2.50. The van der Waals surface area contributed by atoms with E-state index in [2.05, 4.69) is 12.1 Å². The lowest BCUT2D eigenvalue weighted by molar-refractivity contribution is -0.129. The lowest BCUT2D eigenvalue weighted by atomic mass is 9.83. The quantitative estimate of drug-likeness (QED) is 0.678. The van der Waals surface area contributed by atoms with Crippen molar-refractivity contribution in [1.29, 1.82) is 0 Å². The molecule has 1 fully saturated rings. The summed E-state index contributed by atoms with van der Waals surface area (Å²) in [5.74, 6) is 2.65. The number of hydrogen-bond acceptors (Lipinski definition) is 5. The third-order valence-corrected chi connectivity index (χ3v) is 6.24. The van der Waals surface area contributed by atoms with Gasteiger partial charge < -0.3 is 23.8 Å². The van der Waals surface area contributed by atoms with Gasteiger partial charge in [0.25, 0.3) is 0 Å². The van der Waals surface area contributed by atoms with Crippen molar-refractivity contribution in [2.45, 2.75) is 31.3 Å². The molecule has 0 N–H and O–H groups in total. The van der Waals surface area contributed by atoms with Gasteiger partial charge in [-0.25, -0.2) is 0 Å². The highest BCUT2D eigenvalue weighted by Crippen LogP contribution is 2.40. The maximum atomic E-state index is 12.8.